The first-order chi connectivity index (χ1) is 11.0. The van der Waals surface area contributed by atoms with Crippen molar-refractivity contribution in [3.05, 3.63) is 30.2 Å². The summed E-state index contributed by atoms with van der Waals surface area (Å²) >= 11 is 0. The maximum Gasteiger partial charge on any atom is 0.126 e. The molecule has 0 aliphatic carbocycles. The second kappa shape index (κ2) is 6.54. The van der Waals surface area contributed by atoms with Crippen LogP contribution < -0.4 is 10.2 Å². The third kappa shape index (κ3) is 3.98. The summed E-state index contributed by atoms with van der Waals surface area (Å²) in [6, 6.07) is 4.09. The Kier molecular flexibility index (Phi) is 4.47. The van der Waals surface area contributed by atoms with Crippen LogP contribution in [0.3, 0.4) is 0 Å². The lowest BCUT2D eigenvalue weighted by Crippen LogP contribution is -2.36. The highest BCUT2D eigenvalue weighted by atomic mass is 16.5. The van der Waals surface area contributed by atoms with Crippen molar-refractivity contribution in [3.8, 4) is 0 Å². The molecule has 7 heteroatoms. The Morgan fingerprint density at radius 3 is 2.61 bits per heavy atom. The second-order valence-electron chi connectivity index (χ2n) is 6.68. The largest absolute Gasteiger partial charge is 0.378 e. The Labute approximate surface area is 136 Å². The summed E-state index contributed by atoms with van der Waals surface area (Å²) in [5.74, 6) is 0.840. The molecule has 23 heavy (non-hydrogen) atoms. The normalized spacial score (nSPS) is 15.7. The highest BCUT2D eigenvalue weighted by molar-refractivity contribution is 5.49. The molecule has 1 N–H and O–H groups in total. The molecular weight excluding hydrogens is 292 g/mol. The molecule has 0 atom stereocenters. The standard InChI is InChI=1S/C16H24N6O/c1-16(2,3)22-12-13(19-20-22)10-17-15-5-4-14(11-18-15)21-6-8-23-9-7-21/h4-5,11-12H,6-10H2,1-3H3,(H,17,18). The molecule has 0 radical (unpaired) electrons. The van der Waals surface area contributed by atoms with Gasteiger partial charge in [-0.05, 0) is 32.9 Å². The monoisotopic (exact) mass is 316 g/mol. The van der Waals surface area contributed by atoms with Gasteiger partial charge in [0.05, 0.1) is 43.4 Å². The predicted octanol–water partition coefficient (Wildman–Crippen LogP) is 1.88. The van der Waals surface area contributed by atoms with Gasteiger partial charge in [0.15, 0.2) is 0 Å². The quantitative estimate of drug-likeness (QED) is 0.929. The average Bonchev–Trinajstić information content (AvgIpc) is 3.04. The topological polar surface area (TPSA) is 68.1 Å². The van der Waals surface area contributed by atoms with E-state index in [1.165, 1.54) is 0 Å². The van der Waals surface area contributed by atoms with Crippen LogP contribution in [0.5, 0.6) is 0 Å². The summed E-state index contributed by atoms with van der Waals surface area (Å²) in [5, 5.41) is 11.6. The maximum atomic E-state index is 5.37. The molecule has 0 spiro atoms. The molecule has 7 nitrogen and oxygen atoms in total. The zero-order valence-corrected chi connectivity index (χ0v) is 14.0. The number of hydrogen-bond acceptors (Lipinski definition) is 6. The van der Waals surface area contributed by atoms with Crippen LogP contribution in [0, 0.1) is 0 Å². The number of nitrogens with one attached hydrogen (secondary N) is 1. The average molecular weight is 316 g/mol. The smallest absolute Gasteiger partial charge is 0.126 e. The minimum absolute atomic E-state index is 0.0523. The van der Waals surface area contributed by atoms with Gasteiger partial charge in [-0.25, -0.2) is 9.67 Å². The molecule has 1 aliphatic rings. The molecule has 0 unspecified atom stereocenters. The van der Waals surface area contributed by atoms with Crippen LogP contribution in [0.25, 0.3) is 0 Å². The Morgan fingerprint density at radius 2 is 2.00 bits per heavy atom. The zero-order valence-electron chi connectivity index (χ0n) is 14.0. The summed E-state index contributed by atoms with van der Waals surface area (Å²) in [5.41, 5.74) is 1.99. The molecule has 2 aromatic rings. The minimum Gasteiger partial charge on any atom is -0.378 e. The van der Waals surface area contributed by atoms with Gasteiger partial charge in [0.2, 0.25) is 0 Å². The van der Waals surface area contributed by atoms with Crippen molar-refractivity contribution in [1.29, 1.82) is 0 Å². The highest BCUT2D eigenvalue weighted by Gasteiger charge is 2.15. The predicted molar refractivity (Wildman–Crippen MR) is 89.6 cm³/mol. The number of ether oxygens (including phenoxy) is 1. The minimum atomic E-state index is -0.0523. The summed E-state index contributed by atoms with van der Waals surface area (Å²) in [7, 11) is 0. The lowest BCUT2D eigenvalue weighted by atomic mass is 10.1. The molecule has 2 aromatic heterocycles. The number of morpholine rings is 1. The number of nitrogens with zero attached hydrogens (tertiary/aromatic N) is 5. The molecule has 3 heterocycles. The van der Waals surface area contributed by atoms with E-state index in [-0.39, 0.29) is 5.54 Å². The fourth-order valence-electron chi connectivity index (χ4n) is 2.39. The van der Waals surface area contributed by atoms with Crippen molar-refractivity contribution in [1.82, 2.24) is 20.0 Å². The summed E-state index contributed by atoms with van der Waals surface area (Å²) in [6.45, 7) is 10.3. The Bertz CT molecular complexity index is 625. The SMILES string of the molecule is CC(C)(C)n1cc(CNc2ccc(N3CCOCC3)cn2)nn1. The molecule has 124 valence electrons. The van der Waals surface area contributed by atoms with E-state index in [0.29, 0.717) is 6.54 Å². The first-order valence-corrected chi connectivity index (χ1v) is 7.97. The zero-order chi connectivity index (χ0) is 16.3. The molecular formula is C16H24N6O. The highest BCUT2D eigenvalue weighted by Crippen LogP contribution is 2.17. The van der Waals surface area contributed by atoms with E-state index in [2.05, 4.69) is 52.4 Å². The lowest BCUT2D eigenvalue weighted by Gasteiger charge is -2.28. The van der Waals surface area contributed by atoms with Crippen LogP contribution in [-0.2, 0) is 16.8 Å². The van der Waals surface area contributed by atoms with E-state index in [9.17, 15) is 0 Å². The van der Waals surface area contributed by atoms with Crippen molar-refractivity contribution in [2.24, 2.45) is 0 Å². The molecule has 0 bridgehead atoms. The van der Waals surface area contributed by atoms with Gasteiger partial charge >= 0.3 is 0 Å². The lowest BCUT2D eigenvalue weighted by molar-refractivity contribution is 0.122. The first kappa shape index (κ1) is 15.7. The van der Waals surface area contributed by atoms with Gasteiger partial charge in [0.1, 0.15) is 11.5 Å². The van der Waals surface area contributed by atoms with E-state index in [0.717, 1.165) is 43.5 Å². The number of aromatic nitrogens is 4. The molecule has 0 amide bonds. The third-order valence-corrected chi connectivity index (χ3v) is 3.80. The van der Waals surface area contributed by atoms with E-state index in [1.807, 2.05) is 23.1 Å². The van der Waals surface area contributed by atoms with Gasteiger partial charge in [-0.15, -0.1) is 5.10 Å². The number of rotatable bonds is 4. The van der Waals surface area contributed by atoms with Crippen molar-refractivity contribution in [2.45, 2.75) is 32.9 Å². The van der Waals surface area contributed by atoms with Crippen LogP contribution in [0.2, 0.25) is 0 Å². The van der Waals surface area contributed by atoms with Crippen LogP contribution in [0.15, 0.2) is 24.5 Å². The third-order valence-electron chi connectivity index (χ3n) is 3.80. The van der Waals surface area contributed by atoms with Crippen molar-refractivity contribution in [2.75, 3.05) is 36.5 Å². The van der Waals surface area contributed by atoms with Gasteiger partial charge in [0.25, 0.3) is 0 Å². The van der Waals surface area contributed by atoms with E-state index < -0.39 is 0 Å². The molecule has 0 saturated carbocycles. The van der Waals surface area contributed by atoms with Crippen LogP contribution >= 0.6 is 0 Å². The molecule has 3 rings (SSSR count). The molecule has 0 aromatic carbocycles. The molecule has 1 saturated heterocycles. The molecule has 1 aliphatic heterocycles. The summed E-state index contributed by atoms with van der Waals surface area (Å²) in [6.07, 6.45) is 3.87. The van der Waals surface area contributed by atoms with Crippen molar-refractivity contribution >= 4 is 11.5 Å². The van der Waals surface area contributed by atoms with Crippen molar-refractivity contribution in [3.63, 3.8) is 0 Å². The van der Waals surface area contributed by atoms with E-state index >= 15 is 0 Å². The molecule has 1 fully saturated rings. The van der Waals surface area contributed by atoms with Crippen LogP contribution in [0.1, 0.15) is 26.5 Å². The Balaban J connectivity index is 1.57. The van der Waals surface area contributed by atoms with Gasteiger partial charge < -0.3 is 15.0 Å². The van der Waals surface area contributed by atoms with Crippen LogP contribution in [0.4, 0.5) is 11.5 Å². The van der Waals surface area contributed by atoms with Gasteiger partial charge in [-0.2, -0.15) is 0 Å². The summed E-state index contributed by atoms with van der Waals surface area (Å²) in [4.78, 5) is 6.76. The number of anilines is 2. The number of hydrogen-bond donors (Lipinski definition) is 1. The van der Waals surface area contributed by atoms with Crippen LogP contribution in [-0.4, -0.2) is 46.3 Å². The van der Waals surface area contributed by atoms with Gasteiger partial charge in [0, 0.05) is 13.1 Å². The Hall–Kier alpha value is -2.15. The van der Waals surface area contributed by atoms with E-state index in [4.69, 9.17) is 4.74 Å². The fourth-order valence-corrected chi connectivity index (χ4v) is 2.39. The summed E-state index contributed by atoms with van der Waals surface area (Å²) < 4.78 is 7.24. The fraction of sp³-hybridized carbons (Fsp3) is 0.562. The maximum absolute atomic E-state index is 5.37. The van der Waals surface area contributed by atoms with Gasteiger partial charge in [-0.3, -0.25) is 0 Å². The van der Waals surface area contributed by atoms with Gasteiger partial charge in [-0.1, -0.05) is 5.21 Å². The second-order valence-corrected chi connectivity index (χ2v) is 6.68. The number of pyridine rings is 1. The Morgan fingerprint density at radius 1 is 1.22 bits per heavy atom. The van der Waals surface area contributed by atoms with Crippen molar-refractivity contribution < 1.29 is 4.74 Å². The first-order valence-electron chi connectivity index (χ1n) is 7.97. The van der Waals surface area contributed by atoms with E-state index in [1.54, 1.807) is 0 Å².